The molecule has 1 aromatic rings. The first-order valence-corrected chi connectivity index (χ1v) is 5.40. The second-order valence-electron chi connectivity index (χ2n) is 3.71. The molecule has 1 atom stereocenters. The van der Waals surface area contributed by atoms with E-state index in [2.05, 4.69) is 5.32 Å². The van der Waals surface area contributed by atoms with Crippen LogP contribution in [0.2, 0.25) is 0 Å². The third kappa shape index (κ3) is 3.88. The van der Waals surface area contributed by atoms with Gasteiger partial charge in [-0.25, -0.2) is 0 Å². The first-order chi connectivity index (χ1) is 8.04. The minimum atomic E-state index is -1.03. The zero-order valence-electron chi connectivity index (χ0n) is 9.64. The molecule has 0 fully saturated rings. The highest BCUT2D eigenvalue weighted by molar-refractivity contribution is 5.94. The third-order valence-electron chi connectivity index (χ3n) is 2.33. The summed E-state index contributed by atoms with van der Waals surface area (Å²) in [6.07, 6.45) is 0.255. The van der Waals surface area contributed by atoms with Gasteiger partial charge in [0, 0.05) is 12.1 Å². The van der Waals surface area contributed by atoms with Gasteiger partial charge in [0.15, 0.2) is 0 Å². The normalized spacial score (nSPS) is 11.9. The largest absolute Gasteiger partial charge is 0.480 e. The predicted molar refractivity (Wildman–Crippen MR) is 63.8 cm³/mol. The van der Waals surface area contributed by atoms with Crippen molar-refractivity contribution < 1.29 is 14.7 Å². The first-order valence-electron chi connectivity index (χ1n) is 5.40. The second-order valence-corrected chi connectivity index (χ2v) is 3.71. The van der Waals surface area contributed by atoms with Gasteiger partial charge in [0.25, 0.3) is 5.91 Å². The van der Waals surface area contributed by atoms with Crippen molar-refractivity contribution in [3.63, 3.8) is 0 Å². The summed E-state index contributed by atoms with van der Waals surface area (Å²) in [6.45, 7) is 2.42. The maximum atomic E-state index is 11.5. The number of rotatable bonds is 5. The van der Waals surface area contributed by atoms with Gasteiger partial charge in [-0.1, -0.05) is 12.1 Å². The van der Waals surface area contributed by atoms with Gasteiger partial charge >= 0.3 is 5.97 Å². The van der Waals surface area contributed by atoms with Crippen molar-refractivity contribution >= 4 is 11.9 Å². The standard InChI is InChI=1S/C12H16N2O3/c1-2-14-11(15)9-5-3-8(4-6-9)7-10(13)12(16)17/h3-6,10H,2,7,13H2,1H3,(H,14,15)(H,16,17). The van der Waals surface area contributed by atoms with Crippen molar-refractivity contribution in [3.05, 3.63) is 35.4 Å². The Kier molecular flexibility index (Phi) is 4.66. The van der Waals surface area contributed by atoms with E-state index in [0.29, 0.717) is 12.1 Å². The average Bonchev–Trinajstić information content (AvgIpc) is 2.30. The van der Waals surface area contributed by atoms with Crippen LogP contribution in [0.3, 0.4) is 0 Å². The monoisotopic (exact) mass is 236 g/mol. The van der Waals surface area contributed by atoms with Crippen LogP contribution in [0.15, 0.2) is 24.3 Å². The van der Waals surface area contributed by atoms with Crippen molar-refractivity contribution in [2.75, 3.05) is 6.54 Å². The molecular weight excluding hydrogens is 220 g/mol. The fourth-order valence-corrected chi connectivity index (χ4v) is 1.40. The SMILES string of the molecule is CCNC(=O)c1ccc(CC(N)C(=O)O)cc1. The van der Waals surface area contributed by atoms with E-state index in [9.17, 15) is 9.59 Å². The summed E-state index contributed by atoms with van der Waals surface area (Å²) in [7, 11) is 0. The van der Waals surface area contributed by atoms with Crippen LogP contribution < -0.4 is 11.1 Å². The Morgan fingerprint density at radius 2 is 1.94 bits per heavy atom. The third-order valence-corrected chi connectivity index (χ3v) is 2.33. The van der Waals surface area contributed by atoms with Gasteiger partial charge in [0.1, 0.15) is 6.04 Å². The molecule has 5 nitrogen and oxygen atoms in total. The molecule has 0 heterocycles. The molecule has 0 aliphatic carbocycles. The molecule has 0 aliphatic rings. The Hall–Kier alpha value is -1.88. The summed E-state index contributed by atoms with van der Waals surface area (Å²) in [4.78, 5) is 22.0. The Morgan fingerprint density at radius 3 is 2.41 bits per heavy atom. The maximum Gasteiger partial charge on any atom is 0.320 e. The van der Waals surface area contributed by atoms with E-state index in [1.54, 1.807) is 24.3 Å². The highest BCUT2D eigenvalue weighted by Gasteiger charge is 2.12. The summed E-state index contributed by atoms with van der Waals surface area (Å²) in [5.41, 5.74) is 6.77. The number of carbonyl (C=O) groups excluding carboxylic acids is 1. The molecule has 17 heavy (non-hydrogen) atoms. The molecule has 0 bridgehead atoms. The summed E-state index contributed by atoms with van der Waals surface area (Å²) in [5, 5.41) is 11.3. The van der Waals surface area contributed by atoms with Crippen LogP contribution in [-0.2, 0) is 11.2 Å². The van der Waals surface area contributed by atoms with Crippen LogP contribution in [0.25, 0.3) is 0 Å². The minimum Gasteiger partial charge on any atom is -0.480 e. The highest BCUT2D eigenvalue weighted by atomic mass is 16.4. The number of carboxylic acids is 1. The molecule has 0 aliphatic heterocycles. The molecule has 92 valence electrons. The van der Waals surface area contributed by atoms with E-state index in [0.717, 1.165) is 5.56 Å². The molecule has 5 heteroatoms. The topological polar surface area (TPSA) is 92.4 Å². The second kappa shape index (κ2) is 6.00. The van der Waals surface area contributed by atoms with Gasteiger partial charge in [0.2, 0.25) is 0 Å². The van der Waals surface area contributed by atoms with E-state index in [1.165, 1.54) is 0 Å². The molecule has 0 saturated carbocycles. The minimum absolute atomic E-state index is 0.137. The number of hydrogen-bond donors (Lipinski definition) is 3. The lowest BCUT2D eigenvalue weighted by Gasteiger charge is -2.07. The van der Waals surface area contributed by atoms with Crippen molar-refractivity contribution in [2.45, 2.75) is 19.4 Å². The lowest BCUT2D eigenvalue weighted by atomic mass is 10.0. The maximum absolute atomic E-state index is 11.5. The molecule has 4 N–H and O–H groups in total. The lowest BCUT2D eigenvalue weighted by molar-refractivity contribution is -0.138. The molecule has 0 saturated heterocycles. The van der Waals surface area contributed by atoms with Crippen molar-refractivity contribution in [3.8, 4) is 0 Å². The van der Waals surface area contributed by atoms with Crippen LogP contribution in [0, 0.1) is 0 Å². The Balaban J connectivity index is 2.68. The quantitative estimate of drug-likeness (QED) is 0.689. The van der Waals surface area contributed by atoms with Crippen LogP contribution in [0.1, 0.15) is 22.8 Å². The van der Waals surface area contributed by atoms with Crippen LogP contribution >= 0.6 is 0 Å². The molecule has 1 aromatic carbocycles. The number of carbonyl (C=O) groups is 2. The summed E-state index contributed by atoms with van der Waals surface area (Å²) < 4.78 is 0. The first kappa shape index (κ1) is 13.2. The lowest BCUT2D eigenvalue weighted by Crippen LogP contribution is -2.32. The van der Waals surface area contributed by atoms with Gasteiger partial charge in [-0.15, -0.1) is 0 Å². The summed E-state index contributed by atoms with van der Waals surface area (Å²) >= 11 is 0. The fraction of sp³-hybridized carbons (Fsp3) is 0.333. The van der Waals surface area contributed by atoms with Gasteiger partial charge in [0.05, 0.1) is 0 Å². The van der Waals surface area contributed by atoms with Gasteiger partial charge in [-0.05, 0) is 31.0 Å². The van der Waals surface area contributed by atoms with Crippen molar-refractivity contribution in [1.82, 2.24) is 5.32 Å². The fourth-order valence-electron chi connectivity index (χ4n) is 1.40. The summed E-state index contributed by atoms with van der Waals surface area (Å²) in [5.74, 6) is -1.17. The number of hydrogen-bond acceptors (Lipinski definition) is 3. The molecule has 1 unspecified atom stereocenters. The zero-order chi connectivity index (χ0) is 12.8. The van der Waals surface area contributed by atoms with Gasteiger partial charge in [-0.2, -0.15) is 0 Å². The van der Waals surface area contributed by atoms with Gasteiger partial charge < -0.3 is 16.2 Å². The average molecular weight is 236 g/mol. The van der Waals surface area contributed by atoms with E-state index >= 15 is 0 Å². The molecule has 0 aromatic heterocycles. The number of nitrogens with two attached hydrogens (primary N) is 1. The zero-order valence-corrected chi connectivity index (χ0v) is 9.64. The molecule has 0 spiro atoms. The summed E-state index contributed by atoms with van der Waals surface area (Å²) in [6, 6.07) is 5.84. The Bertz CT molecular complexity index is 401. The number of benzene rings is 1. The van der Waals surface area contributed by atoms with E-state index in [-0.39, 0.29) is 12.3 Å². The van der Waals surface area contributed by atoms with E-state index in [1.807, 2.05) is 6.92 Å². The van der Waals surface area contributed by atoms with E-state index < -0.39 is 12.0 Å². The van der Waals surface area contributed by atoms with E-state index in [4.69, 9.17) is 10.8 Å². The smallest absolute Gasteiger partial charge is 0.320 e. The number of nitrogens with one attached hydrogen (secondary N) is 1. The molecular formula is C12H16N2O3. The Morgan fingerprint density at radius 1 is 1.35 bits per heavy atom. The predicted octanol–water partition coefficient (Wildman–Crippen LogP) is 0.391. The Labute approximate surface area is 99.6 Å². The van der Waals surface area contributed by atoms with Crippen molar-refractivity contribution in [2.24, 2.45) is 5.73 Å². The van der Waals surface area contributed by atoms with Crippen LogP contribution in [0.4, 0.5) is 0 Å². The number of carboxylic acid groups (broad SMARTS) is 1. The number of aliphatic carboxylic acids is 1. The van der Waals surface area contributed by atoms with Crippen molar-refractivity contribution in [1.29, 1.82) is 0 Å². The van der Waals surface area contributed by atoms with Crippen LogP contribution in [0.5, 0.6) is 0 Å². The van der Waals surface area contributed by atoms with Crippen LogP contribution in [-0.4, -0.2) is 29.6 Å². The molecule has 1 rings (SSSR count). The molecule has 0 radical (unpaired) electrons. The molecule has 1 amide bonds. The number of amides is 1. The highest BCUT2D eigenvalue weighted by Crippen LogP contribution is 2.06. The van der Waals surface area contributed by atoms with Gasteiger partial charge in [-0.3, -0.25) is 9.59 Å².